The maximum atomic E-state index is 12.9. The van der Waals surface area contributed by atoms with Gasteiger partial charge in [0.15, 0.2) is 0 Å². The van der Waals surface area contributed by atoms with E-state index in [1.54, 1.807) is 11.1 Å². The molecule has 1 saturated heterocycles. The van der Waals surface area contributed by atoms with Crippen LogP contribution in [0.25, 0.3) is 10.9 Å². The van der Waals surface area contributed by atoms with Crippen molar-refractivity contribution in [2.24, 2.45) is 11.3 Å². The minimum Gasteiger partial charge on any atom is -0.383 e. The molecule has 8 heteroatoms. The summed E-state index contributed by atoms with van der Waals surface area (Å²) in [7, 11) is 0. The molecular formula is C18H24N6O2. The number of hydrogen-bond acceptors (Lipinski definition) is 5. The Kier molecular flexibility index (Phi) is 3.86. The summed E-state index contributed by atoms with van der Waals surface area (Å²) in [5.74, 6) is -0.387. The number of H-pyrrole nitrogens is 1. The Balaban J connectivity index is 1.55. The Labute approximate surface area is 151 Å². The molecule has 0 aromatic carbocycles. The van der Waals surface area contributed by atoms with Crippen molar-refractivity contribution in [3.8, 4) is 0 Å². The van der Waals surface area contributed by atoms with Crippen LogP contribution in [0.1, 0.15) is 39.5 Å². The fraction of sp³-hybridized carbons (Fsp3) is 0.556. The summed E-state index contributed by atoms with van der Waals surface area (Å²) >= 11 is 0. The summed E-state index contributed by atoms with van der Waals surface area (Å²) < 4.78 is 0. The number of nitrogens with one attached hydrogen (secondary N) is 2. The molecule has 2 aromatic rings. The molecule has 0 radical (unpaired) electrons. The number of carbonyl (C=O) groups excluding carboxylic acids is 2. The average molecular weight is 356 g/mol. The van der Waals surface area contributed by atoms with E-state index in [1.165, 1.54) is 6.20 Å². The lowest BCUT2D eigenvalue weighted by Gasteiger charge is -2.41. The normalized spacial score (nSPS) is 24.5. The summed E-state index contributed by atoms with van der Waals surface area (Å²) in [5.41, 5.74) is 6.94. The fourth-order valence-corrected chi connectivity index (χ4v) is 3.99. The molecule has 4 rings (SSSR count). The largest absolute Gasteiger partial charge is 0.383 e. The van der Waals surface area contributed by atoms with Crippen molar-refractivity contribution in [3.05, 3.63) is 12.4 Å². The van der Waals surface area contributed by atoms with E-state index >= 15 is 0 Å². The topological polar surface area (TPSA) is 117 Å². The molecule has 1 aliphatic heterocycles. The second-order valence-electron chi connectivity index (χ2n) is 7.98. The van der Waals surface area contributed by atoms with Crippen LogP contribution in [0.3, 0.4) is 0 Å². The molecule has 0 unspecified atom stereocenters. The van der Waals surface area contributed by atoms with E-state index in [4.69, 9.17) is 5.73 Å². The van der Waals surface area contributed by atoms with Crippen LogP contribution in [0.5, 0.6) is 0 Å². The van der Waals surface area contributed by atoms with Crippen molar-refractivity contribution in [1.82, 2.24) is 20.1 Å². The van der Waals surface area contributed by atoms with E-state index in [1.807, 2.05) is 0 Å². The number of likely N-dealkylation sites (tertiary alicyclic amines) is 1. The number of fused-ring (bicyclic) bond motifs is 1. The summed E-state index contributed by atoms with van der Waals surface area (Å²) in [6.07, 6.45) is 7.29. The lowest BCUT2D eigenvalue weighted by molar-refractivity contribution is -0.147. The maximum absolute atomic E-state index is 12.9. The highest BCUT2D eigenvalue weighted by molar-refractivity contribution is 6.40. The van der Waals surface area contributed by atoms with Gasteiger partial charge in [-0.25, -0.2) is 4.98 Å². The van der Waals surface area contributed by atoms with Gasteiger partial charge in [0.1, 0.15) is 5.82 Å². The molecule has 0 spiro atoms. The predicted molar refractivity (Wildman–Crippen MR) is 98.2 cm³/mol. The molecule has 2 aliphatic rings. The summed E-state index contributed by atoms with van der Waals surface area (Å²) in [6.45, 7) is 4.97. The number of aromatic amines is 1. The Hall–Kier alpha value is -2.64. The van der Waals surface area contributed by atoms with Crippen LogP contribution in [-0.2, 0) is 9.59 Å². The minimum absolute atomic E-state index is 0.147. The molecule has 2 aromatic heterocycles. The van der Waals surface area contributed by atoms with E-state index in [9.17, 15) is 9.59 Å². The SMILES string of the molecule is C[C@H]1CC[C@H](C2(C)CC2)N(C(=O)C(=O)Nc2cnc(N)c3cn[nH]c23)C1. The standard InChI is InChI=1S/C18H24N6O2/c1-10-3-4-13(18(2)5-6-18)24(9-10)17(26)16(25)22-12-8-20-15(19)11-7-21-23-14(11)12/h7-8,10,13H,3-6,9H2,1-2H3,(H2,19,20)(H,21,23)(H,22,25)/t10-,13+/m0/s1. The van der Waals surface area contributed by atoms with Crippen LogP contribution >= 0.6 is 0 Å². The highest BCUT2D eigenvalue weighted by Crippen LogP contribution is 2.52. The van der Waals surface area contributed by atoms with Crippen LogP contribution in [0, 0.1) is 11.3 Å². The third-order valence-corrected chi connectivity index (χ3v) is 5.88. The van der Waals surface area contributed by atoms with Gasteiger partial charge in [0.2, 0.25) is 0 Å². The Morgan fingerprint density at radius 1 is 1.35 bits per heavy atom. The van der Waals surface area contributed by atoms with Crippen LogP contribution in [-0.4, -0.2) is 44.5 Å². The number of carbonyl (C=O) groups is 2. The third-order valence-electron chi connectivity index (χ3n) is 5.88. The number of pyridine rings is 1. The Morgan fingerprint density at radius 3 is 2.85 bits per heavy atom. The second kappa shape index (κ2) is 5.96. The molecule has 2 fully saturated rings. The first-order valence-corrected chi connectivity index (χ1v) is 9.08. The molecular weight excluding hydrogens is 332 g/mol. The molecule has 1 aliphatic carbocycles. The van der Waals surface area contributed by atoms with E-state index in [2.05, 4.69) is 34.3 Å². The van der Waals surface area contributed by atoms with Gasteiger partial charge in [-0.05, 0) is 37.0 Å². The number of piperidine rings is 1. The fourth-order valence-electron chi connectivity index (χ4n) is 3.99. The van der Waals surface area contributed by atoms with E-state index in [-0.39, 0.29) is 11.5 Å². The number of aromatic nitrogens is 3. The maximum Gasteiger partial charge on any atom is 0.314 e. The van der Waals surface area contributed by atoms with Crippen molar-refractivity contribution in [2.45, 2.75) is 45.6 Å². The van der Waals surface area contributed by atoms with Gasteiger partial charge in [-0.15, -0.1) is 0 Å². The van der Waals surface area contributed by atoms with Gasteiger partial charge in [-0.2, -0.15) is 5.10 Å². The molecule has 2 atom stereocenters. The number of rotatable bonds is 2. The van der Waals surface area contributed by atoms with Crippen molar-refractivity contribution in [1.29, 1.82) is 0 Å². The first kappa shape index (κ1) is 16.8. The minimum atomic E-state index is -0.643. The third kappa shape index (κ3) is 2.79. The lowest BCUT2D eigenvalue weighted by Crippen LogP contribution is -2.53. The van der Waals surface area contributed by atoms with Gasteiger partial charge in [0, 0.05) is 12.6 Å². The molecule has 3 heterocycles. The van der Waals surface area contributed by atoms with Crippen molar-refractivity contribution < 1.29 is 9.59 Å². The van der Waals surface area contributed by atoms with Crippen LogP contribution in [0.4, 0.5) is 11.5 Å². The van der Waals surface area contributed by atoms with Gasteiger partial charge < -0.3 is 16.0 Å². The Bertz CT molecular complexity index is 872. The zero-order valence-electron chi connectivity index (χ0n) is 15.1. The molecule has 2 amide bonds. The zero-order valence-corrected chi connectivity index (χ0v) is 15.1. The summed E-state index contributed by atoms with van der Waals surface area (Å²) in [6, 6.07) is 0.147. The van der Waals surface area contributed by atoms with E-state index in [0.29, 0.717) is 34.9 Å². The van der Waals surface area contributed by atoms with E-state index < -0.39 is 11.8 Å². The van der Waals surface area contributed by atoms with Gasteiger partial charge in [0.25, 0.3) is 0 Å². The molecule has 8 nitrogen and oxygen atoms in total. The van der Waals surface area contributed by atoms with Crippen molar-refractivity contribution in [3.63, 3.8) is 0 Å². The number of nitrogens with zero attached hydrogens (tertiary/aromatic N) is 3. The van der Waals surface area contributed by atoms with Crippen LogP contribution in [0.15, 0.2) is 12.4 Å². The van der Waals surface area contributed by atoms with Crippen LogP contribution < -0.4 is 11.1 Å². The van der Waals surface area contributed by atoms with Gasteiger partial charge >= 0.3 is 11.8 Å². The number of amides is 2. The highest BCUT2D eigenvalue weighted by atomic mass is 16.2. The second-order valence-corrected chi connectivity index (χ2v) is 7.98. The monoisotopic (exact) mass is 356 g/mol. The molecule has 1 saturated carbocycles. The zero-order chi connectivity index (χ0) is 18.5. The first-order chi connectivity index (χ1) is 12.4. The Morgan fingerprint density at radius 2 is 2.12 bits per heavy atom. The quantitative estimate of drug-likeness (QED) is 0.711. The number of nitrogen functional groups attached to an aromatic ring is 1. The van der Waals surface area contributed by atoms with Crippen molar-refractivity contribution in [2.75, 3.05) is 17.6 Å². The predicted octanol–water partition coefficient (Wildman–Crippen LogP) is 1.91. The first-order valence-electron chi connectivity index (χ1n) is 9.08. The number of nitrogens with two attached hydrogens (primary N) is 1. The highest BCUT2D eigenvalue weighted by Gasteiger charge is 2.50. The lowest BCUT2D eigenvalue weighted by atomic mass is 9.85. The van der Waals surface area contributed by atoms with Gasteiger partial charge in [-0.3, -0.25) is 14.7 Å². The van der Waals surface area contributed by atoms with Gasteiger partial charge in [-0.1, -0.05) is 13.8 Å². The number of anilines is 2. The van der Waals surface area contributed by atoms with E-state index in [0.717, 1.165) is 25.7 Å². The molecule has 26 heavy (non-hydrogen) atoms. The average Bonchev–Trinajstić information content (AvgIpc) is 3.17. The smallest absolute Gasteiger partial charge is 0.314 e. The molecule has 4 N–H and O–H groups in total. The van der Waals surface area contributed by atoms with Crippen LogP contribution in [0.2, 0.25) is 0 Å². The summed E-state index contributed by atoms with van der Waals surface area (Å²) in [4.78, 5) is 31.4. The van der Waals surface area contributed by atoms with Crippen molar-refractivity contribution >= 4 is 34.2 Å². The summed E-state index contributed by atoms with van der Waals surface area (Å²) in [5, 5.41) is 10.0. The molecule has 0 bridgehead atoms. The number of hydrogen-bond donors (Lipinski definition) is 3. The van der Waals surface area contributed by atoms with Gasteiger partial charge in [0.05, 0.1) is 29.0 Å². The molecule has 138 valence electrons.